The number of nitrogens with zero attached hydrogens (tertiary/aromatic N) is 1. The summed E-state index contributed by atoms with van der Waals surface area (Å²) in [5.41, 5.74) is 0. The van der Waals surface area contributed by atoms with Crippen LogP contribution >= 0.6 is 7.81 Å². The number of rotatable bonds is 9. The van der Waals surface area contributed by atoms with Crippen LogP contribution in [0.1, 0.15) is 12.7 Å². The molecule has 0 aliphatic rings. The zero-order valence-electron chi connectivity index (χ0n) is 13.7. The van der Waals surface area contributed by atoms with Gasteiger partial charge >= 0.3 is 39.0 Å². The molecule has 0 aliphatic carbocycles. The van der Waals surface area contributed by atoms with Crippen molar-refractivity contribution in [2.75, 3.05) is 33.0 Å². The number of esters is 1. The van der Waals surface area contributed by atoms with Gasteiger partial charge in [-0.05, 0) is 6.92 Å². The third kappa shape index (κ3) is 20.6. The summed E-state index contributed by atoms with van der Waals surface area (Å²) in [4.78, 5) is 14.4. The van der Waals surface area contributed by atoms with Crippen molar-refractivity contribution < 1.29 is 48.8 Å². The molecule has 0 bridgehead atoms. The number of ether oxygens (including phenoxy) is 3. The van der Waals surface area contributed by atoms with E-state index in [4.69, 9.17) is 14.2 Å². The molecule has 0 fully saturated rings. The molecule has 0 saturated carbocycles. The number of halogens is 6. The maximum absolute atomic E-state index is 11.5. The molecule has 0 unspecified atom stereocenters. The number of hydrogen-bond donors (Lipinski definition) is 1. The molecule has 1 aromatic heterocycles. The van der Waals surface area contributed by atoms with Crippen molar-refractivity contribution in [3.63, 3.8) is 0 Å². The standard InChI is InChI=1S/C12H20N2O4.F6P/c1-3-16-6-7-17-8-9-18-12(15)10-11-13-4-5-14(11)2;1-7(2,3,4,5)6/h4-5H,3,6-10H2,1-2H3;/q;-1/p+1. The Kier molecular flexibility index (Phi) is 8.32. The van der Waals surface area contributed by atoms with Crippen LogP contribution in [0, 0.1) is 0 Å². The van der Waals surface area contributed by atoms with Gasteiger partial charge in [0.15, 0.2) is 0 Å². The molecular weight excluding hydrogens is 381 g/mol. The molecule has 0 aromatic carbocycles. The molecule has 0 spiro atoms. The fourth-order valence-corrected chi connectivity index (χ4v) is 1.38. The van der Waals surface area contributed by atoms with Crippen LogP contribution in [0.25, 0.3) is 0 Å². The van der Waals surface area contributed by atoms with Crippen LogP contribution in [0.15, 0.2) is 12.4 Å². The Morgan fingerprint density at radius 2 is 1.60 bits per heavy atom. The summed E-state index contributed by atoms with van der Waals surface area (Å²) >= 11 is 0. The van der Waals surface area contributed by atoms with Gasteiger partial charge in [0, 0.05) is 6.61 Å². The molecule has 13 heteroatoms. The first kappa shape index (κ1) is 23.6. The second-order valence-corrected chi connectivity index (χ2v) is 6.60. The van der Waals surface area contributed by atoms with Gasteiger partial charge in [-0.15, -0.1) is 0 Å². The van der Waals surface area contributed by atoms with E-state index in [0.717, 1.165) is 5.82 Å². The average molecular weight is 402 g/mol. The number of nitrogens with one attached hydrogen (secondary N) is 1. The normalized spacial score (nSPS) is 14.1. The van der Waals surface area contributed by atoms with E-state index >= 15 is 0 Å². The third-order valence-electron chi connectivity index (χ3n) is 2.35. The molecule has 6 nitrogen and oxygen atoms in total. The quantitative estimate of drug-likeness (QED) is 0.226. The number of carbonyl (C=O) groups is 1. The second kappa shape index (κ2) is 8.81. The molecule has 150 valence electrons. The molecule has 0 radical (unpaired) electrons. The number of aromatic amines is 1. The van der Waals surface area contributed by atoms with Crippen LogP contribution in [-0.2, 0) is 32.5 Å². The monoisotopic (exact) mass is 402 g/mol. The van der Waals surface area contributed by atoms with Crippen molar-refractivity contribution in [3.05, 3.63) is 18.2 Å². The fraction of sp³-hybridized carbons (Fsp3) is 0.667. The maximum atomic E-state index is 11.5. The average Bonchev–Trinajstić information content (AvgIpc) is 2.80. The second-order valence-electron chi connectivity index (χ2n) is 4.68. The third-order valence-corrected chi connectivity index (χ3v) is 2.35. The van der Waals surface area contributed by atoms with E-state index in [1.54, 1.807) is 6.20 Å². The molecule has 0 atom stereocenters. The zero-order chi connectivity index (χ0) is 19.6. The van der Waals surface area contributed by atoms with E-state index in [0.29, 0.717) is 26.4 Å². The molecule has 1 heterocycles. The summed E-state index contributed by atoms with van der Waals surface area (Å²) in [5.74, 6) is 0.554. The van der Waals surface area contributed by atoms with Gasteiger partial charge in [-0.25, -0.2) is 9.55 Å². The summed E-state index contributed by atoms with van der Waals surface area (Å²) in [5, 5.41) is 0. The predicted molar refractivity (Wildman–Crippen MR) is 77.5 cm³/mol. The molecule has 1 aromatic rings. The van der Waals surface area contributed by atoms with Crippen molar-refractivity contribution in [1.29, 1.82) is 0 Å². The van der Waals surface area contributed by atoms with Crippen LogP contribution in [0.4, 0.5) is 25.2 Å². The SMILES string of the molecule is CCOCCOCCOC(=O)Cc1[nH]cc[n+]1C.F[P-](F)(F)(F)(F)F. The Balaban J connectivity index is 0.000000697. The number of aromatic nitrogens is 2. The van der Waals surface area contributed by atoms with Gasteiger partial charge in [-0.1, -0.05) is 0 Å². The Morgan fingerprint density at radius 3 is 2.08 bits per heavy atom. The van der Waals surface area contributed by atoms with Crippen molar-refractivity contribution in [3.8, 4) is 0 Å². The minimum atomic E-state index is -10.7. The Labute approximate surface area is 140 Å². The van der Waals surface area contributed by atoms with Crippen LogP contribution in [-0.4, -0.2) is 44.0 Å². The molecule has 0 aliphatic heterocycles. The number of carbonyl (C=O) groups excluding carboxylic acids is 1. The fourth-order valence-electron chi connectivity index (χ4n) is 1.38. The van der Waals surface area contributed by atoms with Crippen molar-refractivity contribution in [1.82, 2.24) is 4.98 Å². The van der Waals surface area contributed by atoms with E-state index in [1.807, 2.05) is 24.7 Å². The molecule has 0 amide bonds. The number of imidazole rings is 1. The summed E-state index contributed by atoms with van der Waals surface area (Å²) in [7, 11) is -8.79. The zero-order valence-corrected chi connectivity index (χ0v) is 14.6. The Morgan fingerprint density at radius 1 is 1.08 bits per heavy atom. The van der Waals surface area contributed by atoms with Crippen molar-refractivity contribution in [2.45, 2.75) is 13.3 Å². The summed E-state index contributed by atoms with van der Waals surface area (Å²) in [6.07, 6.45) is 3.86. The number of aryl methyl sites for hydroxylation is 1. The van der Waals surface area contributed by atoms with Crippen molar-refractivity contribution >= 4 is 13.8 Å². The van der Waals surface area contributed by atoms with Gasteiger partial charge in [0.05, 0.1) is 26.9 Å². The van der Waals surface area contributed by atoms with E-state index < -0.39 is 7.81 Å². The molecule has 25 heavy (non-hydrogen) atoms. The van der Waals surface area contributed by atoms with E-state index in [1.165, 1.54) is 0 Å². The van der Waals surface area contributed by atoms with Crippen LogP contribution in [0.5, 0.6) is 0 Å². The van der Waals surface area contributed by atoms with Crippen LogP contribution < -0.4 is 4.57 Å². The summed E-state index contributed by atoms with van der Waals surface area (Å²) in [6, 6.07) is 0. The van der Waals surface area contributed by atoms with Gasteiger partial charge in [0.25, 0.3) is 5.82 Å². The Bertz CT molecular complexity index is 523. The number of H-pyrrole nitrogens is 1. The van der Waals surface area contributed by atoms with Gasteiger partial charge in [0.2, 0.25) is 0 Å². The van der Waals surface area contributed by atoms with Gasteiger partial charge in [-0.3, -0.25) is 4.79 Å². The number of hydrogen-bond acceptors (Lipinski definition) is 4. The first-order valence-electron chi connectivity index (χ1n) is 7.08. The van der Waals surface area contributed by atoms with Gasteiger partial charge in [-0.2, -0.15) is 0 Å². The van der Waals surface area contributed by atoms with Gasteiger partial charge in [0.1, 0.15) is 25.4 Å². The van der Waals surface area contributed by atoms with Crippen LogP contribution in [0.3, 0.4) is 0 Å². The van der Waals surface area contributed by atoms with Gasteiger partial charge < -0.3 is 14.2 Å². The van der Waals surface area contributed by atoms with E-state index in [2.05, 4.69) is 4.98 Å². The van der Waals surface area contributed by atoms with E-state index in [-0.39, 0.29) is 19.0 Å². The van der Waals surface area contributed by atoms with E-state index in [9.17, 15) is 30.0 Å². The molecular formula is C12H21F6N2O4P. The first-order chi connectivity index (χ1) is 11.2. The minimum absolute atomic E-state index is 0.239. The topological polar surface area (TPSA) is 64.4 Å². The first-order valence-corrected chi connectivity index (χ1v) is 9.11. The summed E-state index contributed by atoms with van der Waals surface area (Å²) < 4.78 is 76.4. The van der Waals surface area contributed by atoms with Crippen molar-refractivity contribution in [2.24, 2.45) is 7.05 Å². The molecule has 1 N–H and O–H groups in total. The Hall–Kier alpha value is -1.39. The summed E-state index contributed by atoms with van der Waals surface area (Å²) in [6.45, 7) is 4.39. The predicted octanol–water partition coefficient (Wildman–Crippen LogP) is 3.36. The van der Waals surface area contributed by atoms with Crippen LogP contribution in [0.2, 0.25) is 0 Å². The molecule has 1 rings (SSSR count). The molecule has 0 saturated heterocycles.